The molecule has 1 fully saturated rings. The molecule has 3 rings (SSSR count). The van der Waals surface area contributed by atoms with Gasteiger partial charge in [-0.1, -0.05) is 36.4 Å². The zero-order valence-electron chi connectivity index (χ0n) is 14.9. The van der Waals surface area contributed by atoms with Gasteiger partial charge >= 0.3 is 0 Å². The maximum Gasteiger partial charge on any atom is 0.228 e. The maximum absolute atomic E-state index is 12.8. The van der Waals surface area contributed by atoms with E-state index in [1.54, 1.807) is 0 Å². The molecule has 1 aromatic carbocycles. The van der Waals surface area contributed by atoms with Crippen LogP contribution < -0.4 is 5.32 Å². The van der Waals surface area contributed by atoms with E-state index in [0.29, 0.717) is 11.8 Å². The minimum atomic E-state index is 0.201. The summed E-state index contributed by atoms with van der Waals surface area (Å²) in [6.07, 6.45) is 16.0. The van der Waals surface area contributed by atoms with Crippen LogP contribution in [0.4, 0.5) is 5.69 Å². The monoisotopic (exact) mass is 323 g/mol. The molecule has 128 valence electrons. The van der Waals surface area contributed by atoms with Crippen LogP contribution in [0.5, 0.6) is 0 Å². The first-order valence-electron chi connectivity index (χ1n) is 9.35. The fourth-order valence-electron chi connectivity index (χ4n) is 3.96. The quantitative estimate of drug-likeness (QED) is 0.708. The molecule has 1 saturated carbocycles. The van der Waals surface area contributed by atoms with E-state index in [2.05, 4.69) is 49.5 Å². The van der Waals surface area contributed by atoms with Crippen molar-refractivity contribution >= 4 is 11.6 Å². The Bertz CT molecular complexity index is 619. The Kier molecular flexibility index (Phi) is 5.55. The third-order valence-corrected chi connectivity index (χ3v) is 5.66. The molecule has 1 amide bonds. The van der Waals surface area contributed by atoms with E-state index < -0.39 is 0 Å². The molecule has 1 unspecified atom stereocenters. The van der Waals surface area contributed by atoms with Gasteiger partial charge in [-0.2, -0.15) is 0 Å². The first kappa shape index (κ1) is 17.0. The lowest BCUT2D eigenvalue weighted by Crippen LogP contribution is -2.16. The summed E-state index contributed by atoms with van der Waals surface area (Å²) in [6.45, 7) is 4.17. The number of rotatable bonds is 2. The molecule has 0 radical (unpaired) electrons. The zero-order chi connectivity index (χ0) is 16.9. The van der Waals surface area contributed by atoms with Gasteiger partial charge < -0.3 is 5.32 Å². The van der Waals surface area contributed by atoms with Gasteiger partial charge in [0.2, 0.25) is 5.91 Å². The summed E-state index contributed by atoms with van der Waals surface area (Å²) in [4.78, 5) is 12.8. The lowest BCUT2D eigenvalue weighted by Gasteiger charge is -2.10. The Hall–Kier alpha value is -1.83. The molecule has 24 heavy (non-hydrogen) atoms. The third-order valence-electron chi connectivity index (χ3n) is 5.66. The second-order valence-corrected chi connectivity index (χ2v) is 7.27. The van der Waals surface area contributed by atoms with Crippen LogP contribution in [-0.2, 0) is 4.79 Å². The number of anilines is 1. The predicted octanol–water partition coefficient (Wildman–Crippen LogP) is 5.57. The molecule has 0 bridgehead atoms. The van der Waals surface area contributed by atoms with Crippen molar-refractivity contribution in [2.75, 3.05) is 5.32 Å². The number of hydrogen-bond donors (Lipinski definition) is 1. The number of nitrogens with one attached hydrogen (secondary N) is 1. The SMILES string of the molecule is Cc1cccc(NC(=O)C2[C@H]3CCC=CCCC=CCC[C@@H]23)c1C. The van der Waals surface area contributed by atoms with Gasteiger partial charge in [0, 0.05) is 11.6 Å². The molecule has 0 aliphatic heterocycles. The Labute approximate surface area is 146 Å². The van der Waals surface area contributed by atoms with E-state index in [-0.39, 0.29) is 11.8 Å². The smallest absolute Gasteiger partial charge is 0.228 e. The van der Waals surface area contributed by atoms with Crippen LogP contribution in [0.3, 0.4) is 0 Å². The highest BCUT2D eigenvalue weighted by molar-refractivity contribution is 5.95. The van der Waals surface area contributed by atoms with Crippen LogP contribution in [0.15, 0.2) is 42.5 Å². The van der Waals surface area contributed by atoms with Crippen LogP contribution in [-0.4, -0.2) is 5.91 Å². The number of amides is 1. The van der Waals surface area contributed by atoms with Crippen LogP contribution in [0.1, 0.15) is 49.7 Å². The van der Waals surface area contributed by atoms with Crippen molar-refractivity contribution in [2.45, 2.75) is 52.4 Å². The van der Waals surface area contributed by atoms with E-state index in [0.717, 1.165) is 44.2 Å². The van der Waals surface area contributed by atoms with E-state index in [1.165, 1.54) is 11.1 Å². The lowest BCUT2D eigenvalue weighted by molar-refractivity contribution is -0.117. The summed E-state index contributed by atoms with van der Waals surface area (Å²) < 4.78 is 0. The Balaban J connectivity index is 1.65. The summed E-state index contributed by atoms with van der Waals surface area (Å²) >= 11 is 0. The molecule has 2 aliphatic rings. The van der Waals surface area contributed by atoms with Gasteiger partial charge in [0.1, 0.15) is 0 Å². The normalized spacial score (nSPS) is 26.8. The predicted molar refractivity (Wildman–Crippen MR) is 101 cm³/mol. The molecule has 0 aromatic heterocycles. The van der Waals surface area contributed by atoms with E-state index in [9.17, 15) is 4.79 Å². The average molecular weight is 323 g/mol. The molecular formula is C22H29NO. The van der Waals surface area contributed by atoms with Gasteiger partial charge in [-0.3, -0.25) is 4.79 Å². The first-order valence-corrected chi connectivity index (χ1v) is 9.35. The van der Waals surface area contributed by atoms with Crippen molar-refractivity contribution in [3.05, 3.63) is 53.6 Å². The molecule has 0 heterocycles. The van der Waals surface area contributed by atoms with Gasteiger partial charge in [-0.15, -0.1) is 0 Å². The molecule has 3 atom stereocenters. The molecule has 1 N–H and O–H groups in total. The van der Waals surface area contributed by atoms with Crippen LogP contribution >= 0.6 is 0 Å². The first-order chi connectivity index (χ1) is 11.7. The third kappa shape index (κ3) is 3.98. The van der Waals surface area contributed by atoms with Gasteiger partial charge in [-0.25, -0.2) is 0 Å². The minimum Gasteiger partial charge on any atom is -0.326 e. The molecule has 2 heteroatoms. The van der Waals surface area contributed by atoms with Crippen molar-refractivity contribution in [3.63, 3.8) is 0 Å². The summed E-state index contributed by atoms with van der Waals surface area (Å²) in [7, 11) is 0. The second kappa shape index (κ2) is 7.83. The molecule has 0 saturated heterocycles. The van der Waals surface area contributed by atoms with Gasteiger partial charge in [0.05, 0.1) is 0 Å². The standard InChI is InChI=1S/C22H29NO/c1-16-12-11-15-20(17(16)2)23-22(24)21-18-13-9-7-5-3-4-6-8-10-14-19(18)21/h5-8,11-12,15,18-19,21H,3-4,9-10,13-14H2,1-2H3,(H,23,24)/t18-,19+,21?. The molecule has 2 aliphatic carbocycles. The Morgan fingerprint density at radius 2 is 1.50 bits per heavy atom. The van der Waals surface area contributed by atoms with Gasteiger partial charge in [0.25, 0.3) is 0 Å². The largest absolute Gasteiger partial charge is 0.326 e. The summed E-state index contributed by atoms with van der Waals surface area (Å²) in [5.74, 6) is 1.55. The molecule has 0 spiro atoms. The number of aryl methyl sites for hydroxylation is 1. The highest BCUT2D eigenvalue weighted by atomic mass is 16.2. The number of hydrogen-bond acceptors (Lipinski definition) is 1. The summed E-state index contributed by atoms with van der Waals surface area (Å²) in [6, 6.07) is 6.12. The molecule has 1 aromatic rings. The van der Waals surface area contributed by atoms with Crippen LogP contribution in [0, 0.1) is 31.6 Å². The van der Waals surface area contributed by atoms with Crippen molar-refractivity contribution in [1.29, 1.82) is 0 Å². The van der Waals surface area contributed by atoms with Crippen LogP contribution in [0.25, 0.3) is 0 Å². The highest BCUT2D eigenvalue weighted by Crippen LogP contribution is 2.52. The second-order valence-electron chi connectivity index (χ2n) is 7.27. The number of allylic oxidation sites excluding steroid dienone is 4. The van der Waals surface area contributed by atoms with E-state index in [4.69, 9.17) is 0 Å². The summed E-state index contributed by atoms with van der Waals surface area (Å²) in [5.41, 5.74) is 3.38. The number of fused-ring (bicyclic) bond motifs is 1. The van der Waals surface area contributed by atoms with Crippen LogP contribution in [0.2, 0.25) is 0 Å². The topological polar surface area (TPSA) is 29.1 Å². The Morgan fingerprint density at radius 3 is 2.12 bits per heavy atom. The van der Waals surface area contributed by atoms with Crippen molar-refractivity contribution in [2.24, 2.45) is 17.8 Å². The maximum atomic E-state index is 12.8. The van der Waals surface area contributed by atoms with E-state index in [1.807, 2.05) is 12.1 Å². The van der Waals surface area contributed by atoms with E-state index >= 15 is 0 Å². The van der Waals surface area contributed by atoms with Gasteiger partial charge in [-0.05, 0) is 81.4 Å². The fourth-order valence-corrected chi connectivity index (χ4v) is 3.96. The van der Waals surface area contributed by atoms with Gasteiger partial charge in [0.15, 0.2) is 0 Å². The van der Waals surface area contributed by atoms with Crippen molar-refractivity contribution in [1.82, 2.24) is 0 Å². The molecular weight excluding hydrogens is 294 g/mol. The zero-order valence-corrected chi connectivity index (χ0v) is 14.9. The fraction of sp³-hybridized carbons (Fsp3) is 0.500. The van der Waals surface area contributed by atoms with Crippen molar-refractivity contribution < 1.29 is 4.79 Å². The summed E-state index contributed by atoms with van der Waals surface area (Å²) in [5, 5.41) is 3.19. The lowest BCUT2D eigenvalue weighted by atomic mass is 10.1. The van der Waals surface area contributed by atoms with Crippen molar-refractivity contribution in [3.8, 4) is 0 Å². The number of carbonyl (C=O) groups is 1. The number of carbonyl (C=O) groups excluding carboxylic acids is 1. The highest BCUT2D eigenvalue weighted by Gasteiger charge is 2.52. The molecule has 2 nitrogen and oxygen atoms in total. The Morgan fingerprint density at radius 1 is 0.917 bits per heavy atom. The minimum absolute atomic E-state index is 0.201. The average Bonchev–Trinajstić information content (AvgIpc) is 3.24. The number of benzene rings is 1.